The zero-order valence-corrected chi connectivity index (χ0v) is 11.0. The third-order valence-electron chi connectivity index (χ3n) is 3.39. The van der Waals surface area contributed by atoms with Crippen LogP contribution in [0.25, 0.3) is 0 Å². The first-order valence-corrected chi connectivity index (χ1v) is 6.92. The molecule has 0 aliphatic heterocycles. The summed E-state index contributed by atoms with van der Waals surface area (Å²) in [5, 5.41) is 3.11. The first kappa shape index (κ1) is 11.4. The van der Waals surface area contributed by atoms with Gasteiger partial charge in [0.25, 0.3) is 5.91 Å². The molecule has 92 valence electrons. The molecule has 1 N–H and O–H groups in total. The van der Waals surface area contributed by atoms with E-state index < -0.39 is 0 Å². The molecule has 1 amide bonds. The summed E-state index contributed by atoms with van der Waals surface area (Å²) in [6.45, 7) is 1.87. The molecule has 1 atom stereocenters. The molecule has 1 aliphatic carbocycles. The Kier molecular flexibility index (Phi) is 2.88. The van der Waals surface area contributed by atoms with E-state index in [1.165, 1.54) is 22.5 Å². The molecule has 1 aromatic heterocycles. The Morgan fingerprint density at radius 3 is 3.06 bits per heavy atom. The Bertz CT molecular complexity index is 591. The summed E-state index contributed by atoms with van der Waals surface area (Å²) in [5.74, 6) is -0.00305. The molecule has 0 saturated carbocycles. The van der Waals surface area contributed by atoms with E-state index in [9.17, 15) is 4.79 Å². The highest BCUT2D eigenvalue weighted by Crippen LogP contribution is 2.31. The van der Waals surface area contributed by atoms with Crippen molar-refractivity contribution in [1.29, 1.82) is 0 Å². The Morgan fingerprint density at radius 1 is 1.44 bits per heavy atom. The van der Waals surface area contributed by atoms with Gasteiger partial charge in [-0.25, -0.2) is 4.98 Å². The number of hydrogen-bond acceptors (Lipinski definition) is 3. The number of carbonyl (C=O) groups excluding carboxylic acids is 1. The van der Waals surface area contributed by atoms with Gasteiger partial charge in [0.2, 0.25) is 0 Å². The fourth-order valence-corrected chi connectivity index (χ4v) is 3.16. The van der Waals surface area contributed by atoms with Crippen LogP contribution in [0.3, 0.4) is 0 Å². The van der Waals surface area contributed by atoms with E-state index in [2.05, 4.69) is 28.5 Å². The van der Waals surface area contributed by atoms with Crippen LogP contribution in [0.5, 0.6) is 0 Å². The lowest BCUT2D eigenvalue weighted by atomic mass is 10.1. The van der Waals surface area contributed by atoms with E-state index in [4.69, 9.17) is 0 Å². The van der Waals surface area contributed by atoms with E-state index in [0.29, 0.717) is 0 Å². The molecule has 0 fully saturated rings. The van der Waals surface area contributed by atoms with Crippen LogP contribution in [0.2, 0.25) is 0 Å². The molecule has 18 heavy (non-hydrogen) atoms. The molecular formula is C14H14N2OS. The summed E-state index contributed by atoms with van der Waals surface area (Å²) >= 11 is 1.40. The maximum Gasteiger partial charge on any atom is 0.263 e. The fourth-order valence-electron chi connectivity index (χ4n) is 2.45. The van der Waals surface area contributed by atoms with Gasteiger partial charge in [0.05, 0.1) is 17.2 Å². The number of aromatic nitrogens is 1. The minimum atomic E-state index is -0.00305. The first-order chi connectivity index (χ1) is 8.75. The van der Waals surface area contributed by atoms with Crippen LogP contribution in [-0.4, -0.2) is 10.9 Å². The number of hydrogen-bond donors (Lipinski definition) is 1. The van der Waals surface area contributed by atoms with Gasteiger partial charge in [0, 0.05) is 0 Å². The Morgan fingerprint density at radius 2 is 2.28 bits per heavy atom. The van der Waals surface area contributed by atoms with Gasteiger partial charge in [-0.2, -0.15) is 0 Å². The van der Waals surface area contributed by atoms with Crippen molar-refractivity contribution in [3.63, 3.8) is 0 Å². The molecule has 0 bridgehead atoms. The number of rotatable bonds is 2. The number of thiazole rings is 1. The monoisotopic (exact) mass is 258 g/mol. The van der Waals surface area contributed by atoms with Gasteiger partial charge in [-0.3, -0.25) is 4.79 Å². The van der Waals surface area contributed by atoms with Crippen LogP contribution >= 0.6 is 11.3 Å². The quantitative estimate of drug-likeness (QED) is 0.900. The second-order valence-corrected chi connectivity index (χ2v) is 5.39. The highest BCUT2D eigenvalue weighted by atomic mass is 32.1. The van der Waals surface area contributed by atoms with Crippen molar-refractivity contribution < 1.29 is 4.79 Å². The summed E-state index contributed by atoms with van der Waals surface area (Å²) in [6.07, 6.45) is 2.03. The zero-order valence-electron chi connectivity index (χ0n) is 10.1. The van der Waals surface area contributed by atoms with Gasteiger partial charge < -0.3 is 5.32 Å². The van der Waals surface area contributed by atoms with Crippen molar-refractivity contribution in [2.75, 3.05) is 0 Å². The van der Waals surface area contributed by atoms with Gasteiger partial charge >= 0.3 is 0 Å². The minimum absolute atomic E-state index is 0.00305. The molecule has 0 radical (unpaired) electrons. The average Bonchev–Trinajstić information content (AvgIpc) is 2.97. The van der Waals surface area contributed by atoms with E-state index in [-0.39, 0.29) is 11.9 Å². The molecule has 0 saturated heterocycles. The molecule has 1 unspecified atom stereocenters. The van der Waals surface area contributed by atoms with Crippen molar-refractivity contribution in [1.82, 2.24) is 10.3 Å². The van der Waals surface area contributed by atoms with E-state index in [1.807, 2.05) is 13.0 Å². The Hall–Kier alpha value is -1.68. The third-order valence-corrected chi connectivity index (χ3v) is 4.32. The van der Waals surface area contributed by atoms with Crippen molar-refractivity contribution >= 4 is 17.2 Å². The van der Waals surface area contributed by atoms with Gasteiger partial charge in [0.15, 0.2) is 0 Å². The summed E-state index contributed by atoms with van der Waals surface area (Å²) < 4.78 is 0. The maximum atomic E-state index is 12.2. The number of nitrogens with one attached hydrogen (secondary N) is 1. The predicted octanol–water partition coefficient (Wildman–Crippen LogP) is 2.87. The predicted molar refractivity (Wildman–Crippen MR) is 71.8 cm³/mol. The number of nitrogens with zero attached hydrogens (tertiary/aromatic N) is 1. The minimum Gasteiger partial charge on any atom is -0.344 e. The molecular weight excluding hydrogens is 244 g/mol. The Labute approximate surface area is 110 Å². The maximum absolute atomic E-state index is 12.2. The highest BCUT2D eigenvalue weighted by Gasteiger charge is 2.24. The lowest BCUT2D eigenvalue weighted by Crippen LogP contribution is -2.26. The van der Waals surface area contributed by atoms with E-state index in [1.54, 1.807) is 5.51 Å². The lowest BCUT2D eigenvalue weighted by Gasteiger charge is -2.13. The van der Waals surface area contributed by atoms with Crippen LogP contribution in [0.4, 0.5) is 0 Å². The van der Waals surface area contributed by atoms with Crippen LogP contribution < -0.4 is 5.32 Å². The number of fused-ring (bicyclic) bond motifs is 1. The zero-order chi connectivity index (χ0) is 12.5. The van der Waals surface area contributed by atoms with Crippen LogP contribution in [-0.2, 0) is 6.42 Å². The first-order valence-electron chi connectivity index (χ1n) is 6.04. The van der Waals surface area contributed by atoms with Crippen molar-refractivity contribution in [3.05, 3.63) is 51.5 Å². The van der Waals surface area contributed by atoms with Gasteiger partial charge in [0.1, 0.15) is 4.88 Å². The molecule has 2 aromatic rings. The van der Waals surface area contributed by atoms with Crippen LogP contribution in [0.15, 0.2) is 29.8 Å². The molecule has 3 nitrogen and oxygen atoms in total. The molecule has 1 aromatic carbocycles. The SMILES string of the molecule is Cc1ncsc1C(=O)NC1CCc2ccccc21. The summed E-state index contributed by atoms with van der Waals surface area (Å²) in [5.41, 5.74) is 5.13. The Balaban J connectivity index is 1.79. The molecule has 1 aliphatic rings. The number of aryl methyl sites for hydroxylation is 2. The number of carbonyl (C=O) groups is 1. The largest absolute Gasteiger partial charge is 0.344 e. The molecule has 0 spiro atoms. The summed E-state index contributed by atoms with van der Waals surface area (Å²) in [7, 11) is 0. The van der Waals surface area contributed by atoms with E-state index >= 15 is 0 Å². The molecule has 4 heteroatoms. The average molecular weight is 258 g/mol. The van der Waals surface area contributed by atoms with Gasteiger partial charge in [-0.15, -0.1) is 11.3 Å². The number of amides is 1. The van der Waals surface area contributed by atoms with Gasteiger partial charge in [-0.1, -0.05) is 24.3 Å². The van der Waals surface area contributed by atoms with E-state index in [0.717, 1.165) is 23.4 Å². The summed E-state index contributed by atoms with van der Waals surface area (Å²) in [6, 6.07) is 8.47. The second kappa shape index (κ2) is 4.53. The summed E-state index contributed by atoms with van der Waals surface area (Å²) in [4.78, 5) is 17.0. The smallest absolute Gasteiger partial charge is 0.263 e. The molecule has 1 heterocycles. The standard InChI is InChI=1S/C14H14N2OS/c1-9-13(18-8-15-9)14(17)16-12-7-6-10-4-2-3-5-11(10)12/h2-5,8,12H,6-7H2,1H3,(H,16,17). The van der Waals surface area contributed by atoms with Crippen LogP contribution in [0, 0.1) is 6.92 Å². The van der Waals surface area contributed by atoms with Crippen molar-refractivity contribution in [2.45, 2.75) is 25.8 Å². The third kappa shape index (κ3) is 1.93. The second-order valence-electron chi connectivity index (χ2n) is 4.53. The van der Waals surface area contributed by atoms with Crippen molar-refractivity contribution in [3.8, 4) is 0 Å². The highest BCUT2D eigenvalue weighted by molar-refractivity contribution is 7.11. The normalized spacial score (nSPS) is 17.5. The van der Waals surface area contributed by atoms with Crippen molar-refractivity contribution in [2.24, 2.45) is 0 Å². The van der Waals surface area contributed by atoms with Crippen LogP contribution in [0.1, 0.15) is 39.0 Å². The van der Waals surface area contributed by atoms with Gasteiger partial charge in [-0.05, 0) is 30.9 Å². The fraction of sp³-hybridized carbons (Fsp3) is 0.286. The topological polar surface area (TPSA) is 42.0 Å². The lowest BCUT2D eigenvalue weighted by molar-refractivity contribution is 0.0940. The number of benzene rings is 1. The molecule has 3 rings (SSSR count).